The van der Waals surface area contributed by atoms with E-state index < -0.39 is 30.5 Å². The Morgan fingerprint density at radius 1 is 1.43 bits per heavy atom. The maximum Gasteiger partial charge on any atom is 0.404 e. The highest BCUT2D eigenvalue weighted by Gasteiger charge is 2.44. The number of benzene rings is 1. The van der Waals surface area contributed by atoms with Crippen LogP contribution in [0.2, 0.25) is 0 Å². The number of carbonyl (C=O) groups is 1. The van der Waals surface area contributed by atoms with Crippen molar-refractivity contribution in [2.75, 3.05) is 13.2 Å². The highest BCUT2D eigenvalue weighted by Crippen LogP contribution is 2.34. The van der Waals surface area contributed by atoms with Gasteiger partial charge < -0.3 is 15.2 Å². The molecule has 0 aromatic heterocycles. The van der Waals surface area contributed by atoms with Crippen LogP contribution in [0.25, 0.3) is 0 Å². The normalized spacial score (nSPS) is 19.4. The Hall–Kier alpha value is -1.95. The fourth-order valence-electron chi connectivity index (χ4n) is 2.36. The van der Waals surface area contributed by atoms with Gasteiger partial charge in [-0.05, 0) is 5.56 Å². The second-order valence-corrected chi connectivity index (χ2v) is 4.94. The number of alkyl halides is 2. The van der Waals surface area contributed by atoms with Crippen molar-refractivity contribution in [3.8, 4) is 0 Å². The molecule has 0 aliphatic carbocycles. The Kier molecular flexibility index (Phi) is 4.90. The summed E-state index contributed by atoms with van der Waals surface area (Å²) < 4.78 is 34.3. The summed E-state index contributed by atoms with van der Waals surface area (Å²) in [5.74, 6) is -4.32. The van der Waals surface area contributed by atoms with Crippen LogP contribution in [0.3, 0.4) is 0 Å². The van der Waals surface area contributed by atoms with Gasteiger partial charge in [-0.2, -0.15) is 0 Å². The molecular weight excluding hydrogens is 280 g/mol. The Balaban J connectivity index is 2.12. The molecule has 4 nitrogen and oxygen atoms in total. The third-order valence-electron chi connectivity index (χ3n) is 3.41. The number of rotatable bonds is 6. The first-order valence-corrected chi connectivity index (χ1v) is 6.66. The van der Waals surface area contributed by atoms with Crippen LogP contribution in [-0.4, -0.2) is 36.4 Å². The third-order valence-corrected chi connectivity index (χ3v) is 3.41. The highest BCUT2D eigenvalue weighted by molar-refractivity contribution is 5.64. The van der Waals surface area contributed by atoms with E-state index in [4.69, 9.17) is 9.84 Å². The molecule has 1 aliphatic rings. The van der Waals surface area contributed by atoms with Gasteiger partial charge >= 0.3 is 6.09 Å². The van der Waals surface area contributed by atoms with Crippen molar-refractivity contribution >= 4 is 6.09 Å². The summed E-state index contributed by atoms with van der Waals surface area (Å²) in [4.78, 5) is 10.6. The summed E-state index contributed by atoms with van der Waals surface area (Å²) in [6, 6.07) is 8.40. The minimum Gasteiger partial charge on any atom is -0.465 e. The fourth-order valence-corrected chi connectivity index (χ4v) is 2.36. The smallest absolute Gasteiger partial charge is 0.404 e. The van der Waals surface area contributed by atoms with Crippen LogP contribution in [0.15, 0.2) is 42.5 Å². The van der Waals surface area contributed by atoms with Crippen LogP contribution in [0.1, 0.15) is 5.56 Å². The number of nitrogens with one attached hydrogen (secondary N) is 1. The van der Waals surface area contributed by atoms with Crippen molar-refractivity contribution < 1.29 is 23.4 Å². The van der Waals surface area contributed by atoms with E-state index in [9.17, 15) is 13.6 Å². The second kappa shape index (κ2) is 6.67. The molecule has 1 aliphatic heterocycles. The zero-order valence-electron chi connectivity index (χ0n) is 11.3. The molecule has 1 heterocycles. The van der Waals surface area contributed by atoms with Crippen LogP contribution in [-0.2, 0) is 11.2 Å². The molecule has 1 amide bonds. The number of carboxylic acid groups (broad SMARTS) is 1. The highest BCUT2D eigenvalue weighted by atomic mass is 19.3. The van der Waals surface area contributed by atoms with Crippen molar-refractivity contribution in [3.63, 3.8) is 0 Å². The first kappa shape index (κ1) is 15.4. The number of amides is 1. The minimum absolute atomic E-state index is 0.273. The number of ether oxygens (including phenoxy) is 1. The predicted molar refractivity (Wildman–Crippen MR) is 73.5 cm³/mol. The second-order valence-electron chi connectivity index (χ2n) is 4.94. The maximum absolute atomic E-state index is 14.5. The summed E-state index contributed by atoms with van der Waals surface area (Å²) in [6.45, 7) is -0.0835. The van der Waals surface area contributed by atoms with Crippen LogP contribution in [0.5, 0.6) is 0 Å². The molecule has 0 saturated heterocycles. The van der Waals surface area contributed by atoms with Crippen LogP contribution < -0.4 is 5.32 Å². The SMILES string of the molecule is O=C(O)NC[C@H]([C@@H]1C=CCO1)C(F)(F)Cc1ccccc1. The van der Waals surface area contributed by atoms with Crippen molar-refractivity contribution in [1.82, 2.24) is 5.32 Å². The van der Waals surface area contributed by atoms with E-state index in [1.54, 1.807) is 42.5 Å². The molecule has 114 valence electrons. The molecule has 0 bridgehead atoms. The van der Waals surface area contributed by atoms with Gasteiger partial charge in [-0.1, -0.05) is 42.5 Å². The lowest BCUT2D eigenvalue weighted by atomic mass is 9.90. The van der Waals surface area contributed by atoms with Gasteiger partial charge in [-0.15, -0.1) is 0 Å². The molecule has 0 saturated carbocycles. The van der Waals surface area contributed by atoms with E-state index in [1.165, 1.54) is 0 Å². The summed E-state index contributed by atoms with van der Waals surface area (Å²) in [7, 11) is 0. The fraction of sp³-hybridized carbons (Fsp3) is 0.400. The monoisotopic (exact) mass is 297 g/mol. The Morgan fingerprint density at radius 2 is 2.14 bits per heavy atom. The van der Waals surface area contributed by atoms with Gasteiger partial charge in [0.1, 0.15) is 0 Å². The molecule has 0 unspecified atom stereocenters. The molecule has 6 heteroatoms. The lowest BCUT2D eigenvalue weighted by Gasteiger charge is -2.30. The van der Waals surface area contributed by atoms with E-state index in [2.05, 4.69) is 0 Å². The minimum atomic E-state index is -3.08. The molecular formula is C15H17F2NO3. The van der Waals surface area contributed by atoms with Crippen molar-refractivity contribution in [1.29, 1.82) is 0 Å². The summed E-state index contributed by atoms with van der Waals surface area (Å²) in [6.07, 6.45) is 0.672. The van der Waals surface area contributed by atoms with Crippen LogP contribution >= 0.6 is 0 Å². The average molecular weight is 297 g/mol. The topological polar surface area (TPSA) is 58.6 Å². The molecule has 2 rings (SSSR count). The molecule has 0 fully saturated rings. The van der Waals surface area contributed by atoms with E-state index in [-0.39, 0.29) is 13.2 Å². The van der Waals surface area contributed by atoms with Gasteiger partial charge in [0.2, 0.25) is 0 Å². The molecule has 1 aromatic rings. The largest absolute Gasteiger partial charge is 0.465 e. The first-order chi connectivity index (χ1) is 9.99. The lowest BCUT2D eigenvalue weighted by molar-refractivity contribution is -0.0983. The van der Waals surface area contributed by atoms with Crippen LogP contribution in [0, 0.1) is 5.92 Å². The molecule has 2 atom stereocenters. The van der Waals surface area contributed by atoms with E-state index in [1.807, 2.05) is 5.32 Å². The number of hydrogen-bond donors (Lipinski definition) is 2. The summed E-state index contributed by atoms with van der Waals surface area (Å²) in [5, 5.41) is 10.7. The zero-order valence-corrected chi connectivity index (χ0v) is 11.3. The standard InChI is InChI=1S/C15H17F2NO3/c16-15(17,9-11-5-2-1-3-6-11)12(10-18-14(19)20)13-7-4-8-21-13/h1-7,12-13,18H,8-10H2,(H,19,20)/t12-,13+/m1/s1. The quantitative estimate of drug-likeness (QED) is 0.794. The first-order valence-electron chi connectivity index (χ1n) is 6.66. The van der Waals surface area contributed by atoms with Gasteiger partial charge in [-0.25, -0.2) is 13.6 Å². The van der Waals surface area contributed by atoms with E-state index >= 15 is 0 Å². The zero-order chi connectivity index (χ0) is 15.3. The summed E-state index contributed by atoms with van der Waals surface area (Å²) >= 11 is 0. The lowest BCUT2D eigenvalue weighted by Crippen LogP contribution is -2.45. The van der Waals surface area contributed by atoms with Crippen molar-refractivity contribution in [3.05, 3.63) is 48.0 Å². The maximum atomic E-state index is 14.5. The molecule has 2 N–H and O–H groups in total. The molecule has 21 heavy (non-hydrogen) atoms. The average Bonchev–Trinajstić information content (AvgIpc) is 2.92. The third kappa shape index (κ3) is 4.26. The van der Waals surface area contributed by atoms with Crippen molar-refractivity contribution in [2.24, 2.45) is 5.92 Å². The molecule has 1 aromatic carbocycles. The van der Waals surface area contributed by atoms with Crippen LogP contribution in [0.4, 0.5) is 13.6 Å². The van der Waals surface area contributed by atoms with Gasteiger partial charge in [0.25, 0.3) is 5.92 Å². The van der Waals surface area contributed by atoms with Gasteiger partial charge in [0.15, 0.2) is 0 Å². The van der Waals surface area contributed by atoms with Gasteiger partial charge in [0.05, 0.1) is 18.6 Å². The summed E-state index contributed by atoms with van der Waals surface area (Å²) in [5.41, 5.74) is 0.504. The number of hydrogen-bond acceptors (Lipinski definition) is 2. The van der Waals surface area contributed by atoms with Gasteiger partial charge in [-0.3, -0.25) is 0 Å². The molecule has 0 spiro atoms. The van der Waals surface area contributed by atoms with Gasteiger partial charge in [0, 0.05) is 13.0 Å². The predicted octanol–water partition coefficient (Wildman–Crippen LogP) is 2.70. The Labute approximate surface area is 121 Å². The van der Waals surface area contributed by atoms with Crippen molar-refractivity contribution in [2.45, 2.75) is 18.4 Å². The Bertz CT molecular complexity index is 505. The van der Waals surface area contributed by atoms with E-state index in [0.717, 1.165) is 0 Å². The Morgan fingerprint density at radius 3 is 2.71 bits per heavy atom. The molecule has 0 radical (unpaired) electrons. The number of halogens is 2. The van der Waals surface area contributed by atoms with E-state index in [0.29, 0.717) is 5.56 Å².